The third-order valence-electron chi connectivity index (χ3n) is 5.84. The Morgan fingerprint density at radius 2 is 1.71 bits per heavy atom. The fraction of sp³-hybridized carbons (Fsp3) is 0.360. The Labute approximate surface area is 190 Å². The summed E-state index contributed by atoms with van der Waals surface area (Å²) in [4.78, 5) is 25.8. The van der Waals surface area contributed by atoms with Crippen LogP contribution in [0.2, 0.25) is 0 Å². The molecule has 2 aliphatic rings. The van der Waals surface area contributed by atoms with E-state index in [0.717, 1.165) is 38.4 Å². The van der Waals surface area contributed by atoms with Crippen LogP contribution in [0.15, 0.2) is 58.2 Å². The van der Waals surface area contributed by atoms with Crippen LogP contribution in [0.5, 0.6) is 11.5 Å². The van der Waals surface area contributed by atoms with Gasteiger partial charge in [0.1, 0.15) is 11.5 Å². The van der Waals surface area contributed by atoms with Crippen LogP contribution in [0.1, 0.15) is 56.1 Å². The molecule has 162 valence electrons. The van der Waals surface area contributed by atoms with Gasteiger partial charge in [0.15, 0.2) is 5.78 Å². The van der Waals surface area contributed by atoms with Gasteiger partial charge in [0.2, 0.25) is 5.91 Å². The standard InChI is InChI=1S/C25H26BrNO4/c1-14(2)31-18-7-4-15(5-8-18)17-11-21-25(22(28)12-17)19(13-24(29)27-21)16-6-9-23(30-3)20(26)10-16/h4-10,14,17,19H,11-13H2,1-3H3,(H,27,29). The summed E-state index contributed by atoms with van der Waals surface area (Å²) in [5.74, 6) is 1.40. The van der Waals surface area contributed by atoms with E-state index >= 15 is 0 Å². The SMILES string of the molecule is COc1ccc(C2CC(=O)NC3=C2C(=O)CC(c2ccc(OC(C)C)cc2)C3)cc1Br. The Balaban J connectivity index is 1.62. The molecule has 0 saturated heterocycles. The van der Waals surface area contributed by atoms with Crippen molar-refractivity contribution in [3.63, 3.8) is 0 Å². The zero-order chi connectivity index (χ0) is 22.1. The fourth-order valence-corrected chi connectivity index (χ4v) is 5.03. The number of halogens is 1. The minimum Gasteiger partial charge on any atom is -0.496 e. The molecule has 0 saturated carbocycles. The molecule has 1 aliphatic carbocycles. The van der Waals surface area contributed by atoms with Crippen molar-refractivity contribution in [2.45, 2.75) is 51.0 Å². The van der Waals surface area contributed by atoms with Gasteiger partial charge in [0.05, 0.1) is 17.7 Å². The average molecular weight is 484 g/mol. The number of hydrogen-bond donors (Lipinski definition) is 1. The van der Waals surface area contributed by atoms with Crippen molar-refractivity contribution in [1.29, 1.82) is 0 Å². The molecule has 6 heteroatoms. The van der Waals surface area contributed by atoms with E-state index in [2.05, 4.69) is 21.2 Å². The molecule has 2 aromatic rings. The van der Waals surface area contributed by atoms with E-state index in [4.69, 9.17) is 9.47 Å². The van der Waals surface area contributed by atoms with Crippen LogP contribution in [0, 0.1) is 0 Å². The molecule has 1 aliphatic heterocycles. The molecule has 0 aromatic heterocycles. The lowest BCUT2D eigenvalue weighted by Crippen LogP contribution is -2.38. The lowest BCUT2D eigenvalue weighted by atomic mass is 9.73. The molecule has 2 unspecified atom stereocenters. The molecule has 1 N–H and O–H groups in total. The van der Waals surface area contributed by atoms with E-state index in [1.165, 1.54) is 0 Å². The van der Waals surface area contributed by atoms with Gasteiger partial charge in [-0.2, -0.15) is 0 Å². The van der Waals surface area contributed by atoms with Crippen LogP contribution >= 0.6 is 15.9 Å². The number of rotatable bonds is 5. The van der Waals surface area contributed by atoms with Gasteiger partial charge >= 0.3 is 0 Å². The summed E-state index contributed by atoms with van der Waals surface area (Å²) in [7, 11) is 1.61. The maximum atomic E-state index is 13.3. The highest BCUT2D eigenvalue weighted by molar-refractivity contribution is 9.10. The van der Waals surface area contributed by atoms with E-state index in [9.17, 15) is 9.59 Å². The number of amides is 1. The van der Waals surface area contributed by atoms with Crippen LogP contribution in [0.4, 0.5) is 0 Å². The molecule has 5 nitrogen and oxygen atoms in total. The maximum absolute atomic E-state index is 13.3. The largest absolute Gasteiger partial charge is 0.496 e. The zero-order valence-corrected chi connectivity index (χ0v) is 19.5. The first-order chi connectivity index (χ1) is 14.9. The number of nitrogens with one attached hydrogen (secondary N) is 1. The Hall–Kier alpha value is -2.60. The summed E-state index contributed by atoms with van der Waals surface area (Å²) in [6.07, 6.45) is 1.47. The molecule has 0 fully saturated rings. The minimum absolute atomic E-state index is 0.0426. The molecule has 31 heavy (non-hydrogen) atoms. The lowest BCUT2D eigenvalue weighted by Gasteiger charge is -2.34. The monoisotopic (exact) mass is 483 g/mol. The second-order valence-electron chi connectivity index (χ2n) is 8.36. The normalized spacial score (nSPS) is 21.1. The number of ketones is 1. The average Bonchev–Trinajstić information content (AvgIpc) is 2.72. The first kappa shape index (κ1) is 21.6. The highest BCUT2D eigenvalue weighted by Gasteiger charge is 2.38. The van der Waals surface area contributed by atoms with Crippen LogP contribution in [-0.2, 0) is 9.59 Å². The molecule has 2 atom stereocenters. The van der Waals surface area contributed by atoms with Crippen molar-refractivity contribution in [2.75, 3.05) is 7.11 Å². The number of Topliss-reactive ketones (excluding diaryl/α,β-unsaturated/α-hetero) is 1. The molecule has 2 aromatic carbocycles. The molecule has 0 radical (unpaired) electrons. The minimum atomic E-state index is -0.235. The number of methoxy groups -OCH3 is 1. The highest BCUT2D eigenvalue weighted by Crippen LogP contribution is 2.43. The Bertz CT molecular complexity index is 1040. The molecular weight excluding hydrogens is 458 g/mol. The van der Waals surface area contributed by atoms with E-state index in [1.807, 2.05) is 56.3 Å². The Morgan fingerprint density at radius 1 is 1.00 bits per heavy atom. The summed E-state index contributed by atoms with van der Waals surface area (Å²) in [6, 6.07) is 13.7. The summed E-state index contributed by atoms with van der Waals surface area (Å²) in [5, 5.41) is 2.98. The molecule has 0 spiro atoms. The number of ether oxygens (including phenoxy) is 2. The van der Waals surface area contributed by atoms with Crippen LogP contribution in [0.25, 0.3) is 0 Å². The molecule has 0 bridgehead atoms. The van der Waals surface area contributed by atoms with Crippen molar-refractivity contribution in [3.05, 3.63) is 69.3 Å². The van der Waals surface area contributed by atoms with E-state index < -0.39 is 0 Å². The first-order valence-corrected chi connectivity index (χ1v) is 11.3. The summed E-state index contributed by atoms with van der Waals surface area (Å²) < 4.78 is 11.8. The summed E-state index contributed by atoms with van der Waals surface area (Å²) >= 11 is 3.52. The van der Waals surface area contributed by atoms with Crippen LogP contribution in [-0.4, -0.2) is 24.9 Å². The van der Waals surface area contributed by atoms with Gasteiger partial charge in [-0.15, -0.1) is 0 Å². The quantitative estimate of drug-likeness (QED) is 0.630. The van der Waals surface area contributed by atoms with Gasteiger partial charge in [0.25, 0.3) is 0 Å². The summed E-state index contributed by atoms with van der Waals surface area (Å²) in [6.45, 7) is 3.98. The molecule has 4 rings (SSSR count). The van der Waals surface area contributed by atoms with Crippen molar-refractivity contribution < 1.29 is 19.1 Å². The zero-order valence-electron chi connectivity index (χ0n) is 17.9. The molecular formula is C25H26BrNO4. The van der Waals surface area contributed by atoms with Crippen molar-refractivity contribution >= 4 is 27.6 Å². The van der Waals surface area contributed by atoms with Gasteiger partial charge in [-0.05, 0) is 77.5 Å². The number of hydrogen-bond acceptors (Lipinski definition) is 4. The summed E-state index contributed by atoms with van der Waals surface area (Å²) in [5.41, 5.74) is 3.53. The van der Waals surface area contributed by atoms with Gasteiger partial charge in [0, 0.05) is 30.0 Å². The van der Waals surface area contributed by atoms with Gasteiger partial charge in [-0.25, -0.2) is 0 Å². The second-order valence-corrected chi connectivity index (χ2v) is 9.21. The van der Waals surface area contributed by atoms with Crippen molar-refractivity contribution in [1.82, 2.24) is 5.32 Å². The maximum Gasteiger partial charge on any atom is 0.225 e. The Kier molecular flexibility index (Phi) is 6.19. The molecule has 1 heterocycles. The first-order valence-electron chi connectivity index (χ1n) is 10.5. The van der Waals surface area contributed by atoms with Gasteiger partial charge in [-0.1, -0.05) is 18.2 Å². The number of benzene rings is 2. The van der Waals surface area contributed by atoms with Crippen molar-refractivity contribution in [2.24, 2.45) is 0 Å². The van der Waals surface area contributed by atoms with Crippen LogP contribution in [0.3, 0.4) is 0 Å². The van der Waals surface area contributed by atoms with Gasteiger partial charge in [-0.3, -0.25) is 9.59 Å². The fourth-order valence-electron chi connectivity index (χ4n) is 4.47. The number of allylic oxidation sites excluding steroid dienone is 2. The third kappa shape index (κ3) is 4.54. The Morgan fingerprint density at radius 3 is 2.35 bits per heavy atom. The smallest absolute Gasteiger partial charge is 0.225 e. The van der Waals surface area contributed by atoms with E-state index in [-0.39, 0.29) is 36.1 Å². The van der Waals surface area contributed by atoms with Crippen molar-refractivity contribution in [3.8, 4) is 11.5 Å². The number of carbonyl (C=O) groups is 2. The van der Waals surface area contributed by atoms with E-state index in [0.29, 0.717) is 12.8 Å². The predicted molar refractivity (Wildman–Crippen MR) is 122 cm³/mol. The third-order valence-corrected chi connectivity index (χ3v) is 6.46. The van der Waals surface area contributed by atoms with Gasteiger partial charge < -0.3 is 14.8 Å². The topological polar surface area (TPSA) is 64.6 Å². The number of carbonyl (C=O) groups excluding carboxylic acids is 2. The lowest BCUT2D eigenvalue weighted by molar-refractivity contribution is -0.122. The molecule has 1 amide bonds. The van der Waals surface area contributed by atoms with E-state index in [1.54, 1.807) is 7.11 Å². The second kappa shape index (κ2) is 8.87. The predicted octanol–water partition coefficient (Wildman–Crippen LogP) is 5.25. The van der Waals surface area contributed by atoms with Crippen LogP contribution < -0.4 is 14.8 Å². The highest BCUT2D eigenvalue weighted by atomic mass is 79.9.